The molecule has 0 amide bonds. The van der Waals surface area contributed by atoms with Crippen molar-refractivity contribution in [3.05, 3.63) is 32.9 Å². The summed E-state index contributed by atoms with van der Waals surface area (Å²) in [6.45, 7) is 13.6. The van der Waals surface area contributed by atoms with E-state index < -0.39 is 11.9 Å². The second kappa shape index (κ2) is 14.5. The summed E-state index contributed by atoms with van der Waals surface area (Å²) in [6, 6.07) is 1.59. The third kappa shape index (κ3) is 7.12. The Balaban J connectivity index is 0.00000235. The molecule has 0 saturated carbocycles. The van der Waals surface area contributed by atoms with Gasteiger partial charge < -0.3 is 41.1 Å². The van der Waals surface area contributed by atoms with E-state index >= 15 is 0 Å². The largest absolute Gasteiger partial charge is 2.00 e. The molecule has 8 nitrogen and oxygen atoms in total. The van der Waals surface area contributed by atoms with Crippen molar-refractivity contribution in [1.29, 1.82) is 0 Å². The van der Waals surface area contributed by atoms with E-state index in [1.807, 2.05) is 0 Å². The Morgan fingerprint density at radius 1 is 0.698 bits per heavy atom. The van der Waals surface area contributed by atoms with Crippen molar-refractivity contribution < 1.29 is 39.4 Å². The fourth-order valence-electron chi connectivity index (χ4n) is 9.62. The summed E-state index contributed by atoms with van der Waals surface area (Å²) in [7, 11) is 0. The first kappa shape index (κ1) is 34.6. The van der Waals surface area contributed by atoms with Crippen LogP contribution in [0.2, 0.25) is 0 Å². The molecule has 12 unspecified atom stereocenters. The van der Waals surface area contributed by atoms with E-state index in [1.54, 1.807) is 0 Å². The monoisotopic (exact) mass is 641 g/mol. The number of aliphatic carboxylic acids is 2. The molecule has 0 aromatic heterocycles. The SMILES string of the molecule is CCC1=C(C)C2CC3[N-]C(CC4[N-]C(CC5NC(CC1N2)C(C)=C5CC)C(C)C4CCC(=O)[O-])C(CCC(=O)[O-])C3C.[Co+2].[H+].[H+]. The summed E-state index contributed by atoms with van der Waals surface area (Å²) in [5.74, 6) is -1.13. The van der Waals surface area contributed by atoms with Crippen molar-refractivity contribution in [1.82, 2.24) is 10.6 Å². The maximum Gasteiger partial charge on any atom is 2.00 e. The maximum atomic E-state index is 11.5. The first-order valence-electron chi connectivity index (χ1n) is 16.7. The Hall–Kier alpha value is -1.23. The van der Waals surface area contributed by atoms with Crippen LogP contribution in [0.3, 0.4) is 0 Å². The van der Waals surface area contributed by atoms with E-state index in [4.69, 9.17) is 10.6 Å². The molecule has 5 aliphatic rings. The molecule has 8 bridgehead atoms. The topological polar surface area (TPSA) is 133 Å². The molecular weight excluding hydrogens is 587 g/mol. The smallest absolute Gasteiger partial charge is 0.656 e. The second-order valence-electron chi connectivity index (χ2n) is 14.0. The van der Waals surface area contributed by atoms with Crippen LogP contribution in [0.1, 0.15) is 109 Å². The summed E-state index contributed by atoms with van der Waals surface area (Å²) in [6.07, 6.45) is 6.95. The second-order valence-corrected chi connectivity index (χ2v) is 14.0. The molecule has 1 radical (unpaired) electrons. The van der Waals surface area contributed by atoms with Gasteiger partial charge in [0, 0.05) is 36.1 Å². The van der Waals surface area contributed by atoms with Crippen LogP contribution >= 0.6 is 0 Å². The number of fused-ring (bicyclic) bond motifs is 8. The van der Waals surface area contributed by atoms with Crippen LogP contribution in [0.5, 0.6) is 0 Å². The van der Waals surface area contributed by atoms with Crippen LogP contribution in [-0.4, -0.2) is 60.3 Å². The summed E-state index contributed by atoms with van der Waals surface area (Å²) in [5.41, 5.74) is 6.00. The number of nitrogens with zero attached hydrogens (tertiary/aromatic N) is 2. The van der Waals surface area contributed by atoms with Crippen molar-refractivity contribution in [2.24, 2.45) is 23.7 Å². The van der Waals surface area contributed by atoms with E-state index in [1.165, 1.54) is 22.3 Å². The quantitative estimate of drug-likeness (QED) is 0.389. The van der Waals surface area contributed by atoms with E-state index in [0.29, 0.717) is 24.9 Å². The van der Waals surface area contributed by atoms with Gasteiger partial charge >= 0.3 is 19.6 Å². The molecule has 12 atom stereocenters. The van der Waals surface area contributed by atoms with Crippen LogP contribution in [0.25, 0.3) is 10.6 Å². The van der Waals surface area contributed by atoms with Crippen LogP contribution in [0.4, 0.5) is 0 Å². The third-order valence-corrected chi connectivity index (χ3v) is 12.1. The summed E-state index contributed by atoms with van der Waals surface area (Å²) < 4.78 is 0. The standard InChI is InChI=1S/C34H54N4O4.Co/c1-7-21-17(3)25-13-26-19(5)23(9-11-33(39)40)31(37-26)16-32-24(10-12-34(41)42)20(6)28(38-32)15-30-22(8-2)18(4)27(36-30)14-29(21)35-25;/h19-20,23-32,35-36H,7-16H2,1-6H3,(H,39,40)(H,41,42);/q-2;+2. The molecule has 0 aromatic rings. The zero-order valence-corrected chi connectivity index (χ0v) is 27.9. The summed E-state index contributed by atoms with van der Waals surface area (Å²) in [5, 5.41) is 41.9. The van der Waals surface area contributed by atoms with Crippen LogP contribution in [0.15, 0.2) is 22.3 Å². The Bertz CT molecular complexity index is 1110. The van der Waals surface area contributed by atoms with E-state index in [-0.39, 0.29) is 92.4 Å². The Labute approximate surface area is 272 Å². The van der Waals surface area contributed by atoms with Crippen molar-refractivity contribution in [2.75, 3.05) is 0 Å². The maximum absolute atomic E-state index is 11.5. The Kier molecular flexibility index (Phi) is 11.6. The molecule has 243 valence electrons. The van der Waals surface area contributed by atoms with Gasteiger partial charge in [0.1, 0.15) is 0 Å². The molecule has 5 heterocycles. The van der Waals surface area contributed by atoms with E-state index in [0.717, 1.165) is 38.5 Å². The van der Waals surface area contributed by atoms with Crippen molar-refractivity contribution >= 4 is 11.9 Å². The van der Waals surface area contributed by atoms with Crippen molar-refractivity contribution in [3.8, 4) is 0 Å². The van der Waals surface area contributed by atoms with Crippen LogP contribution in [0, 0.1) is 23.7 Å². The van der Waals surface area contributed by atoms with Gasteiger partial charge in [0.05, 0.1) is 0 Å². The minimum Gasteiger partial charge on any atom is -0.656 e. The van der Waals surface area contributed by atoms with Crippen LogP contribution < -0.4 is 20.8 Å². The number of carboxylic acid groups (broad SMARTS) is 2. The molecule has 0 spiro atoms. The average Bonchev–Trinajstić information content (AvgIpc) is 3.59. The fourth-order valence-corrected chi connectivity index (χ4v) is 9.62. The Morgan fingerprint density at radius 3 is 1.51 bits per heavy atom. The number of carboxylic acids is 2. The van der Waals surface area contributed by atoms with E-state index in [9.17, 15) is 19.8 Å². The average molecular weight is 642 g/mol. The molecule has 3 fully saturated rings. The molecule has 9 heteroatoms. The van der Waals surface area contributed by atoms with Crippen LogP contribution in [-0.2, 0) is 26.4 Å². The molecule has 43 heavy (non-hydrogen) atoms. The molecule has 5 rings (SSSR count). The number of carbonyl (C=O) groups excluding carboxylic acids is 2. The normalized spacial score (nSPS) is 41.1. The number of nitrogens with one attached hydrogen (secondary N) is 2. The number of rotatable bonds is 8. The zero-order chi connectivity index (χ0) is 30.3. The minimum atomic E-state index is -1.00. The van der Waals surface area contributed by atoms with Gasteiger partial charge in [-0.3, -0.25) is 0 Å². The first-order chi connectivity index (χ1) is 20.0. The van der Waals surface area contributed by atoms with Crippen molar-refractivity contribution in [2.45, 2.75) is 154 Å². The van der Waals surface area contributed by atoms with E-state index in [2.05, 4.69) is 52.2 Å². The number of carbonyl (C=O) groups is 2. The molecule has 0 aromatic carbocycles. The zero-order valence-electron chi connectivity index (χ0n) is 28.9. The Morgan fingerprint density at radius 2 is 1.09 bits per heavy atom. The molecule has 5 aliphatic heterocycles. The van der Waals surface area contributed by atoms with Gasteiger partial charge in [0.25, 0.3) is 0 Å². The number of hydrogen-bond donors (Lipinski definition) is 2. The van der Waals surface area contributed by atoms with Gasteiger partial charge in [-0.15, -0.1) is 24.2 Å². The first-order valence-corrected chi connectivity index (χ1v) is 16.7. The molecule has 3 saturated heterocycles. The summed E-state index contributed by atoms with van der Waals surface area (Å²) >= 11 is 0. The fraction of sp³-hybridized carbons (Fsp3) is 0.824. The molecular formula is C34H54CoN4O4. The van der Waals surface area contributed by atoms with Gasteiger partial charge in [-0.1, -0.05) is 80.1 Å². The predicted molar refractivity (Wildman–Crippen MR) is 164 cm³/mol. The minimum absolute atomic E-state index is 0. The molecule has 2 N–H and O–H groups in total. The van der Waals surface area contributed by atoms with Gasteiger partial charge in [-0.25, -0.2) is 0 Å². The van der Waals surface area contributed by atoms with Gasteiger partial charge in [0.15, 0.2) is 0 Å². The van der Waals surface area contributed by atoms with Gasteiger partial charge in [-0.2, -0.15) is 0 Å². The predicted octanol–water partition coefficient (Wildman–Crippen LogP) is 3.73. The number of hydrogen-bond acceptors (Lipinski definition) is 6. The van der Waals surface area contributed by atoms with Gasteiger partial charge in [0.2, 0.25) is 0 Å². The third-order valence-electron chi connectivity index (χ3n) is 12.1. The summed E-state index contributed by atoms with van der Waals surface area (Å²) in [4.78, 5) is 23.0. The van der Waals surface area contributed by atoms with Crippen molar-refractivity contribution in [3.63, 3.8) is 0 Å². The van der Waals surface area contributed by atoms with Gasteiger partial charge in [-0.05, 0) is 71.6 Å². The molecule has 0 aliphatic carbocycles.